The molecule has 126 valence electrons. The summed E-state index contributed by atoms with van der Waals surface area (Å²) >= 11 is 0. The average Bonchev–Trinajstić information content (AvgIpc) is 3.31. The van der Waals surface area contributed by atoms with E-state index in [1.807, 2.05) is 6.92 Å². The standard InChI is InChI=1S/C17H18FN3O3/c1-2-14-19-16(20-24-14)12-7-4-8-21(12)17(22)13-9-10-5-3-6-11(18)15(10)23-13/h3,5-6,12-13H,2,4,7-9H2,1H3/t12-,13+/m0/s1. The van der Waals surface area contributed by atoms with E-state index in [9.17, 15) is 9.18 Å². The van der Waals surface area contributed by atoms with Gasteiger partial charge in [0.2, 0.25) is 5.89 Å². The van der Waals surface area contributed by atoms with Crippen LogP contribution in [0.15, 0.2) is 22.7 Å². The van der Waals surface area contributed by atoms with Crippen molar-refractivity contribution in [1.82, 2.24) is 15.0 Å². The van der Waals surface area contributed by atoms with Crippen LogP contribution in [0, 0.1) is 5.82 Å². The van der Waals surface area contributed by atoms with Crippen molar-refractivity contribution in [3.8, 4) is 5.75 Å². The second kappa shape index (κ2) is 5.89. The molecule has 3 heterocycles. The number of fused-ring (bicyclic) bond motifs is 1. The molecule has 1 aromatic carbocycles. The van der Waals surface area contributed by atoms with Crippen LogP contribution in [0.2, 0.25) is 0 Å². The number of hydrogen-bond acceptors (Lipinski definition) is 5. The van der Waals surface area contributed by atoms with Crippen LogP contribution in [0.5, 0.6) is 5.75 Å². The normalized spacial score (nSPS) is 22.5. The molecular formula is C17H18FN3O3. The highest BCUT2D eigenvalue weighted by Crippen LogP contribution is 2.35. The summed E-state index contributed by atoms with van der Waals surface area (Å²) in [6.45, 7) is 2.56. The van der Waals surface area contributed by atoms with Crippen LogP contribution in [0.4, 0.5) is 4.39 Å². The summed E-state index contributed by atoms with van der Waals surface area (Å²) in [7, 11) is 0. The number of halogens is 1. The average molecular weight is 331 g/mol. The molecule has 4 rings (SSSR count). The fraction of sp³-hybridized carbons (Fsp3) is 0.471. The number of benzene rings is 1. The van der Waals surface area contributed by atoms with Gasteiger partial charge in [0.15, 0.2) is 23.5 Å². The molecular weight excluding hydrogens is 313 g/mol. The molecule has 0 bridgehead atoms. The lowest BCUT2D eigenvalue weighted by atomic mass is 10.1. The van der Waals surface area contributed by atoms with Gasteiger partial charge in [0, 0.05) is 24.9 Å². The Hall–Kier alpha value is -2.44. The van der Waals surface area contributed by atoms with Gasteiger partial charge in [-0.15, -0.1) is 0 Å². The number of hydrogen-bond donors (Lipinski definition) is 0. The summed E-state index contributed by atoms with van der Waals surface area (Å²) in [5, 5.41) is 4.00. The lowest BCUT2D eigenvalue weighted by Gasteiger charge is -2.25. The van der Waals surface area contributed by atoms with Gasteiger partial charge in [0.05, 0.1) is 6.04 Å². The maximum atomic E-state index is 13.8. The van der Waals surface area contributed by atoms with Crippen molar-refractivity contribution in [3.05, 3.63) is 41.3 Å². The zero-order valence-corrected chi connectivity index (χ0v) is 13.4. The van der Waals surface area contributed by atoms with Crippen LogP contribution in [0.25, 0.3) is 0 Å². The third-order valence-electron chi connectivity index (χ3n) is 4.61. The molecule has 2 aliphatic heterocycles. The number of carbonyl (C=O) groups excluding carboxylic acids is 1. The molecule has 2 atom stereocenters. The van der Waals surface area contributed by atoms with Gasteiger partial charge in [-0.1, -0.05) is 24.2 Å². The Morgan fingerprint density at radius 1 is 1.46 bits per heavy atom. The SMILES string of the molecule is CCc1nc([C@@H]2CCCN2C(=O)[C@H]2Cc3cccc(F)c3O2)no1. The topological polar surface area (TPSA) is 68.5 Å². The van der Waals surface area contributed by atoms with Crippen LogP contribution in [-0.2, 0) is 17.6 Å². The quantitative estimate of drug-likeness (QED) is 0.864. The first-order valence-electron chi connectivity index (χ1n) is 8.24. The van der Waals surface area contributed by atoms with Crippen molar-refractivity contribution in [3.63, 3.8) is 0 Å². The number of aryl methyl sites for hydroxylation is 1. The van der Waals surface area contributed by atoms with E-state index < -0.39 is 11.9 Å². The molecule has 2 aliphatic rings. The number of para-hydroxylation sites is 1. The highest BCUT2D eigenvalue weighted by atomic mass is 19.1. The van der Waals surface area contributed by atoms with Gasteiger partial charge >= 0.3 is 0 Å². The number of aromatic nitrogens is 2. The van der Waals surface area contributed by atoms with Crippen LogP contribution in [0.3, 0.4) is 0 Å². The minimum Gasteiger partial charge on any atom is -0.477 e. The number of amides is 1. The zero-order chi connectivity index (χ0) is 16.7. The molecule has 0 N–H and O–H groups in total. The van der Waals surface area contributed by atoms with Crippen LogP contribution in [0.1, 0.15) is 43.1 Å². The maximum absolute atomic E-state index is 13.8. The number of nitrogens with zero attached hydrogens (tertiary/aromatic N) is 3. The molecule has 0 saturated carbocycles. The summed E-state index contributed by atoms with van der Waals surface area (Å²) in [6, 6.07) is 4.57. The molecule has 6 nitrogen and oxygen atoms in total. The lowest BCUT2D eigenvalue weighted by Crippen LogP contribution is -2.41. The Kier molecular flexibility index (Phi) is 3.70. The fourth-order valence-electron chi connectivity index (χ4n) is 3.40. The number of likely N-dealkylation sites (tertiary alicyclic amines) is 1. The second-order valence-electron chi connectivity index (χ2n) is 6.13. The highest BCUT2D eigenvalue weighted by molar-refractivity contribution is 5.83. The Morgan fingerprint density at radius 2 is 2.33 bits per heavy atom. The molecule has 1 amide bonds. The monoisotopic (exact) mass is 331 g/mol. The summed E-state index contributed by atoms with van der Waals surface area (Å²) in [4.78, 5) is 19.0. The summed E-state index contributed by atoms with van der Waals surface area (Å²) < 4.78 is 24.6. The van der Waals surface area contributed by atoms with E-state index in [2.05, 4.69) is 10.1 Å². The molecule has 0 spiro atoms. The number of ether oxygens (including phenoxy) is 1. The first-order chi connectivity index (χ1) is 11.7. The van der Waals surface area contributed by atoms with E-state index in [-0.39, 0.29) is 17.7 Å². The van der Waals surface area contributed by atoms with E-state index in [0.29, 0.717) is 31.1 Å². The van der Waals surface area contributed by atoms with Gasteiger partial charge in [-0.05, 0) is 18.9 Å². The van der Waals surface area contributed by atoms with Crippen molar-refractivity contribution in [2.45, 2.75) is 44.8 Å². The first kappa shape index (κ1) is 15.1. The molecule has 1 aromatic heterocycles. The Morgan fingerprint density at radius 3 is 3.08 bits per heavy atom. The van der Waals surface area contributed by atoms with Gasteiger partial charge in [-0.2, -0.15) is 4.98 Å². The van der Waals surface area contributed by atoms with Crippen molar-refractivity contribution < 1.29 is 18.4 Å². The minimum atomic E-state index is -0.685. The predicted octanol–water partition coefficient (Wildman–Crippen LogP) is 2.44. The number of rotatable bonds is 3. The Labute approximate surface area is 138 Å². The van der Waals surface area contributed by atoms with Crippen molar-refractivity contribution in [1.29, 1.82) is 0 Å². The van der Waals surface area contributed by atoms with E-state index >= 15 is 0 Å². The Bertz CT molecular complexity index is 776. The van der Waals surface area contributed by atoms with E-state index in [4.69, 9.17) is 9.26 Å². The zero-order valence-electron chi connectivity index (χ0n) is 13.4. The first-order valence-corrected chi connectivity index (χ1v) is 8.24. The van der Waals surface area contributed by atoms with Gasteiger partial charge in [0.25, 0.3) is 5.91 Å². The third-order valence-corrected chi connectivity index (χ3v) is 4.61. The molecule has 24 heavy (non-hydrogen) atoms. The van der Waals surface area contributed by atoms with Gasteiger partial charge in [-0.3, -0.25) is 4.79 Å². The summed E-state index contributed by atoms with van der Waals surface area (Å²) in [5.41, 5.74) is 0.733. The van der Waals surface area contributed by atoms with Gasteiger partial charge < -0.3 is 14.2 Å². The van der Waals surface area contributed by atoms with Crippen molar-refractivity contribution in [2.24, 2.45) is 0 Å². The summed E-state index contributed by atoms with van der Waals surface area (Å²) in [6.07, 6.45) is 2.04. The Balaban J connectivity index is 1.53. The largest absolute Gasteiger partial charge is 0.477 e. The molecule has 1 fully saturated rings. The minimum absolute atomic E-state index is 0.143. The van der Waals surface area contributed by atoms with E-state index in [1.54, 1.807) is 17.0 Å². The van der Waals surface area contributed by atoms with Crippen molar-refractivity contribution >= 4 is 5.91 Å². The number of carbonyl (C=O) groups is 1. The third kappa shape index (κ3) is 2.44. The van der Waals surface area contributed by atoms with Crippen molar-refractivity contribution in [2.75, 3.05) is 6.54 Å². The van der Waals surface area contributed by atoms with Gasteiger partial charge in [-0.25, -0.2) is 4.39 Å². The molecule has 0 unspecified atom stereocenters. The molecule has 2 aromatic rings. The van der Waals surface area contributed by atoms with Crippen LogP contribution in [-0.4, -0.2) is 33.6 Å². The smallest absolute Gasteiger partial charge is 0.264 e. The fourth-order valence-corrected chi connectivity index (χ4v) is 3.40. The molecule has 7 heteroatoms. The molecule has 1 saturated heterocycles. The van der Waals surface area contributed by atoms with Crippen LogP contribution < -0.4 is 4.74 Å². The highest BCUT2D eigenvalue weighted by Gasteiger charge is 2.40. The van der Waals surface area contributed by atoms with Crippen LogP contribution >= 0.6 is 0 Å². The second-order valence-corrected chi connectivity index (χ2v) is 6.13. The molecule has 0 radical (unpaired) electrons. The predicted molar refractivity (Wildman–Crippen MR) is 81.9 cm³/mol. The van der Waals surface area contributed by atoms with E-state index in [0.717, 1.165) is 18.4 Å². The lowest BCUT2D eigenvalue weighted by molar-refractivity contribution is -0.139. The molecule has 0 aliphatic carbocycles. The van der Waals surface area contributed by atoms with E-state index in [1.165, 1.54) is 6.07 Å². The summed E-state index contributed by atoms with van der Waals surface area (Å²) in [5.74, 6) is 0.734. The maximum Gasteiger partial charge on any atom is 0.264 e. The van der Waals surface area contributed by atoms with Gasteiger partial charge in [0.1, 0.15) is 0 Å².